The highest BCUT2D eigenvalue weighted by Gasteiger charge is 2.28. The summed E-state index contributed by atoms with van der Waals surface area (Å²) in [6.07, 6.45) is 7.38. The summed E-state index contributed by atoms with van der Waals surface area (Å²) in [6, 6.07) is 0. The lowest BCUT2D eigenvalue weighted by Crippen LogP contribution is -2.30. The average molecular weight is 226 g/mol. The monoisotopic (exact) mass is 226 g/mol. The highest BCUT2D eigenvalue weighted by atomic mass is 16.5. The molecule has 0 aromatic rings. The second-order valence-corrected chi connectivity index (χ2v) is 6.09. The number of esters is 1. The van der Waals surface area contributed by atoms with Crippen LogP contribution in [0.25, 0.3) is 0 Å². The molecule has 1 saturated carbocycles. The van der Waals surface area contributed by atoms with E-state index >= 15 is 0 Å². The Morgan fingerprint density at radius 1 is 1.19 bits per heavy atom. The van der Waals surface area contributed by atoms with Crippen molar-refractivity contribution < 1.29 is 9.53 Å². The van der Waals surface area contributed by atoms with Crippen LogP contribution >= 0.6 is 0 Å². The van der Waals surface area contributed by atoms with Gasteiger partial charge >= 0.3 is 5.97 Å². The lowest BCUT2D eigenvalue weighted by atomic mass is 9.84. The van der Waals surface area contributed by atoms with Gasteiger partial charge in [-0.15, -0.1) is 0 Å². The summed E-state index contributed by atoms with van der Waals surface area (Å²) < 4.78 is 5.54. The van der Waals surface area contributed by atoms with Crippen molar-refractivity contribution in [2.24, 2.45) is 11.3 Å². The summed E-state index contributed by atoms with van der Waals surface area (Å²) in [5.74, 6) is 0.820. The van der Waals surface area contributed by atoms with Crippen LogP contribution in [0.15, 0.2) is 0 Å². The Hall–Kier alpha value is -0.530. The maximum atomic E-state index is 11.7. The van der Waals surface area contributed by atoms with Crippen LogP contribution in [0.2, 0.25) is 0 Å². The predicted octanol–water partition coefficient (Wildman–Crippen LogP) is 3.93. The Morgan fingerprint density at radius 2 is 1.75 bits per heavy atom. The molecule has 2 heteroatoms. The molecule has 2 nitrogen and oxygen atoms in total. The fraction of sp³-hybridized carbons (Fsp3) is 0.929. The minimum Gasteiger partial charge on any atom is -0.462 e. The Labute approximate surface area is 99.8 Å². The Bertz CT molecular complexity index is 219. The molecule has 1 fully saturated rings. The lowest BCUT2D eigenvalue weighted by molar-refractivity contribution is -0.160. The van der Waals surface area contributed by atoms with Crippen LogP contribution in [-0.4, -0.2) is 12.1 Å². The molecule has 1 aliphatic carbocycles. The summed E-state index contributed by atoms with van der Waals surface area (Å²) in [7, 11) is 0. The van der Waals surface area contributed by atoms with Gasteiger partial charge in [0.2, 0.25) is 0 Å². The van der Waals surface area contributed by atoms with Crippen molar-refractivity contribution in [2.45, 2.75) is 72.3 Å². The fourth-order valence-corrected chi connectivity index (χ4v) is 2.27. The van der Waals surface area contributed by atoms with Gasteiger partial charge in [0.25, 0.3) is 0 Å². The first kappa shape index (κ1) is 13.5. The highest BCUT2D eigenvalue weighted by Crippen LogP contribution is 2.30. The van der Waals surface area contributed by atoms with E-state index in [1.807, 2.05) is 20.8 Å². The van der Waals surface area contributed by atoms with Gasteiger partial charge in [-0.1, -0.05) is 19.8 Å². The normalized spacial score (nSPS) is 26.5. The number of ether oxygens (including phenoxy) is 1. The minimum atomic E-state index is -0.361. The molecule has 1 rings (SSSR count). The molecular weight excluding hydrogens is 200 g/mol. The van der Waals surface area contributed by atoms with E-state index in [1.165, 1.54) is 25.7 Å². The van der Waals surface area contributed by atoms with E-state index in [1.54, 1.807) is 0 Å². The molecule has 16 heavy (non-hydrogen) atoms. The Kier molecular flexibility index (Phi) is 4.82. The van der Waals surface area contributed by atoms with Crippen LogP contribution in [0.3, 0.4) is 0 Å². The van der Waals surface area contributed by atoms with E-state index in [-0.39, 0.29) is 17.5 Å². The molecule has 0 amide bonds. The maximum Gasteiger partial charge on any atom is 0.311 e. The SMILES string of the molecule is CCC[C@H]1CC[C@H](OC(=O)C(C)(C)C)CC1. The van der Waals surface area contributed by atoms with E-state index < -0.39 is 0 Å². The smallest absolute Gasteiger partial charge is 0.311 e. The number of carbonyl (C=O) groups excluding carboxylic acids is 1. The number of rotatable bonds is 3. The molecule has 0 aliphatic heterocycles. The van der Waals surface area contributed by atoms with Crippen LogP contribution in [0, 0.1) is 11.3 Å². The van der Waals surface area contributed by atoms with Crippen LogP contribution in [0.4, 0.5) is 0 Å². The molecule has 0 bridgehead atoms. The lowest BCUT2D eigenvalue weighted by Gasteiger charge is -2.30. The summed E-state index contributed by atoms with van der Waals surface area (Å²) >= 11 is 0. The highest BCUT2D eigenvalue weighted by molar-refractivity contribution is 5.75. The van der Waals surface area contributed by atoms with E-state index in [4.69, 9.17) is 4.74 Å². The van der Waals surface area contributed by atoms with Gasteiger partial charge in [0.15, 0.2) is 0 Å². The number of hydrogen-bond acceptors (Lipinski definition) is 2. The maximum absolute atomic E-state index is 11.7. The van der Waals surface area contributed by atoms with Gasteiger partial charge in [0, 0.05) is 0 Å². The largest absolute Gasteiger partial charge is 0.462 e. The van der Waals surface area contributed by atoms with Gasteiger partial charge in [-0.05, 0) is 52.4 Å². The van der Waals surface area contributed by atoms with Crippen LogP contribution in [-0.2, 0) is 9.53 Å². The minimum absolute atomic E-state index is 0.0496. The molecule has 0 radical (unpaired) electrons. The second kappa shape index (κ2) is 5.70. The quantitative estimate of drug-likeness (QED) is 0.681. The van der Waals surface area contributed by atoms with Crippen molar-refractivity contribution in [3.63, 3.8) is 0 Å². The van der Waals surface area contributed by atoms with E-state index in [0.29, 0.717) is 0 Å². The molecule has 0 saturated heterocycles. The molecule has 1 aliphatic rings. The topological polar surface area (TPSA) is 26.3 Å². The number of hydrogen-bond donors (Lipinski definition) is 0. The molecule has 0 heterocycles. The van der Waals surface area contributed by atoms with Crippen LogP contribution in [0.1, 0.15) is 66.2 Å². The van der Waals surface area contributed by atoms with Crippen molar-refractivity contribution >= 4 is 5.97 Å². The van der Waals surface area contributed by atoms with Gasteiger partial charge in [-0.25, -0.2) is 0 Å². The van der Waals surface area contributed by atoms with E-state index in [9.17, 15) is 4.79 Å². The zero-order valence-corrected chi connectivity index (χ0v) is 11.2. The third-order valence-electron chi connectivity index (χ3n) is 3.38. The van der Waals surface area contributed by atoms with Crippen molar-refractivity contribution in [1.29, 1.82) is 0 Å². The molecular formula is C14H26O2. The van der Waals surface area contributed by atoms with E-state index in [2.05, 4.69) is 6.92 Å². The van der Waals surface area contributed by atoms with Crippen LogP contribution < -0.4 is 0 Å². The molecule has 0 N–H and O–H groups in total. The zero-order chi connectivity index (χ0) is 12.2. The molecule has 0 unspecified atom stereocenters. The van der Waals surface area contributed by atoms with Gasteiger partial charge in [-0.2, -0.15) is 0 Å². The van der Waals surface area contributed by atoms with Crippen molar-refractivity contribution in [1.82, 2.24) is 0 Å². The Balaban J connectivity index is 2.30. The predicted molar refractivity (Wildman–Crippen MR) is 66.2 cm³/mol. The first-order valence-electron chi connectivity index (χ1n) is 6.64. The zero-order valence-electron chi connectivity index (χ0n) is 11.2. The van der Waals surface area contributed by atoms with Gasteiger partial charge in [-0.3, -0.25) is 4.79 Å². The number of carbonyl (C=O) groups is 1. The van der Waals surface area contributed by atoms with Gasteiger partial charge < -0.3 is 4.74 Å². The summed E-state index contributed by atoms with van der Waals surface area (Å²) in [4.78, 5) is 11.7. The van der Waals surface area contributed by atoms with Crippen LogP contribution in [0.5, 0.6) is 0 Å². The molecule has 0 atom stereocenters. The molecule has 0 spiro atoms. The third-order valence-corrected chi connectivity index (χ3v) is 3.38. The molecule has 0 aromatic carbocycles. The van der Waals surface area contributed by atoms with Crippen molar-refractivity contribution in [2.75, 3.05) is 0 Å². The van der Waals surface area contributed by atoms with Gasteiger partial charge in [0.05, 0.1) is 5.41 Å². The Morgan fingerprint density at radius 3 is 2.19 bits per heavy atom. The second-order valence-electron chi connectivity index (χ2n) is 6.09. The third kappa shape index (κ3) is 4.15. The standard InChI is InChI=1S/C14H26O2/c1-5-6-11-7-9-12(10-8-11)16-13(15)14(2,3)4/h11-12H,5-10H2,1-4H3/t11-,12-. The first-order valence-corrected chi connectivity index (χ1v) is 6.64. The van der Waals surface area contributed by atoms with Gasteiger partial charge in [0.1, 0.15) is 6.10 Å². The summed E-state index contributed by atoms with van der Waals surface area (Å²) in [5.41, 5.74) is -0.361. The molecule has 94 valence electrons. The summed E-state index contributed by atoms with van der Waals surface area (Å²) in [6.45, 7) is 7.99. The first-order chi connectivity index (χ1) is 7.43. The molecule has 0 aromatic heterocycles. The average Bonchev–Trinajstić information content (AvgIpc) is 2.20. The summed E-state index contributed by atoms with van der Waals surface area (Å²) in [5, 5.41) is 0. The van der Waals surface area contributed by atoms with Crippen molar-refractivity contribution in [3.05, 3.63) is 0 Å². The fourth-order valence-electron chi connectivity index (χ4n) is 2.27. The van der Waals surface area contributed by atoms with E-state index in [0.717, 1.165) is 18.8 Å². The van der Waals surface area contributed by atoms with Crippen molar-refractivity contribution in [3.8, 4) is 0 Å².